The minimum Gasteiger partial charge on any atom is -0.481 e. The maximum absolute atomic E-state index is 12.2. The van der Waals surface area contributed by atoms with Gasteiger partial charge in [-0.3, -0.25) is 4.79 Å². The van der Waals surface area contributed by atoms with E-state index in [1.54, 1.807) is 17.0 Å². The molecule has 1 heterocycles. The first-order chi connectivity index (χ1) is 9.88. The second-order valence-corrected chi connectivity index (χ2v) is 5.99. The largest absolute Gasteiger partial charge is 0.481 e. The molecule has 2 rings (SSSR count). The molecule has 2 N–H and O–H groups in total. The van der Waals surface area contributed by atoms with Crippen molar-refractivity contribution in [2.75, 3.05) is 13.1 Å². The van der Waals surface area contributed by atoms with Crippen LogP contribution in [-0.4, -0.2) is 35.1 Å². The third-order valence-electron chi connectivity index (χ3n) is 3.93. The maximum atomic E-state index is 12.2. The molecule has 0 radical (unpaired) electrons. The summed E-state index contributed by atoms with van der Waals surface area (Å²) in [4.78, 5) is 24.9. The van der Waals surface area contributed by atoms with Gasteiger partial charge in [0.05, 0.1) is 12.0 Å². The number of rotatable bonds is 3. The number of aliphatic carboxylic acids is 1. The highest BCUT2D eigenvalue weighted by Gasteiger charge is 2.37. The average molecular weight is 311 g/mol. The fraction of sp³-hybridized carbons (Fsp3) is 0.467. The van der Waals surface area contributed by atoms with E-state index in [0.717, 1.165) is 5.56 Å². The van der Waals surface area contributed by atoms with E-state index in [4.69, 9.17) is 16.7 Å². The van der Waals surface area contributed by atoms with E-state index in [2.05, 4.69) is 5.32 Å². The zero-order valence-electron chi connectivity index (χ0n) is 12.0. The summed E-state index contributed by atoms with van der Waals surface area (Å²) in [5.74, 6) is -1.36. The number of carboxylic acid groups (broad SMARTS) is 1. The quantitative estimate of drug-likeness (QED) is 0.902. The fourth-order valence-corrected chi connectivity index (χ4v) is 2.69. The molecule has 0 aromatic heterocycles. The molecule has 0 spiro atoms. The van der Waals surface area contributed by atoms with Crippen LogP contribution in [0.15, 0.2) is 24.3 Å². The molecule has 1 aliphatic heterocycles. The highest BCUT2D eigenvalue weighted by Crippen LogP contribution is 2.24. The van der Waals surface area contributed by atoms with Crippen LogP contribution in [0.1, 0.15) is 25.5 Å². The lowest BCUT2D eigenvalue weighted by molar-refractivity contribution is -0.142. The van der Waals surface area contributed by atoms with Crippen LogP contribution in [0.3, 0.4) is 0 Å². The summed E-state index contributed by atoms with van der Waals surface area (Å²) in [6.07, 6.45) is 0. The van der Waals surface area contributed by atoms with Crippen LogP contribution in [0.25, 0.3) is 0 Å². The number of hydrogen-bond donors (Lipinski definition) is 2. The summed E-state index contributed by atoms with van der Waals surface area (Å²) in [5.41, 5.74) is 0.953. The van der Waals surface area contributed by atoms with Gasteiger partial charge in [0.15, 0.2) is 0 Å². The van der Waals surface area contributed by atoms with Gasteiger partial charge in [-0.15, -0.1) is 0 Å². The zero-order valence-corrected chi connectivity index (χ0v) is 12.8. The first-order valence-electron chi connectivity index (χ1n) is 6.92. The lowest BCUT2D eigenvalue weighted by Crippen LogP contribution is -2.40. The molecule has 1 unspecified atom stereocenters. The van der Waals surface area contributed by atoms with E-state index in [-0.39, 0.29) is 24.5 Å². The topological polar surface area (TPSA) is 69.6 Å². The van der Waals surface area contributed by atoms with Crippen molar-refractivity contribution in [2.24, 2.45) is 11.8 Å². The SMILES string of the molecule is CC(NC(=O)N1C[C@@H](C)[C@H](C(=O)O)C1)c1ccc(Cl)cc1. The Hall–Kier alpha value is -1.75. The second kappa shape index (κ2) is 6.35. The van der Waals surface area contributed by atoms with Crippen LogP contribution in [0, 0.1) is 11.8 Å². The van der Waals surface area contributed by atoms with Crippen LogP contribution < -0.4 is 5.32 Å². The molecule has 114 valence electrons. The number of hydrogen-bond acceptors (Lipinski definition) is 2. The summed E-state index contributed by atoms with van der Waals surface area (Å²) in [6.45, 7) is 4.47. The number of amides is 2. The molecule has 1 aromatic rings. The van der Waals surface area contributed by atoms with Crippen LogP contribution in [0.2, 0.25) is 5.02 Å². The van der Waals surface area contributed by atoms with Gasteiger partial charge in [0.1, 0.15) is 0 Å². The highest BCUT2D eigenvalue weighted by molar-refractivity contribution is 6.30. The molecule has 3 atom stereocenters. The van der Waals surface area contributed by atoms with E-state index in [1.807, 2.05) is 26.0 Å². The lowest BCUT2D eigenvalue weighted by Gasteiger charge is -2.21. The van der Waals surface area contributed by atoms with E-state index < -0.39 is 11.9 Å². The van der Waals surface area contributed by atoms with E-state index in [0.29, 0.717) is 11.6 Å². The minimum absolute atomic E-state index is 0.0286. The standard InChI is InChI=1S/C15H19ClN2O3/c1-9-7-18(8-13(9)14(19)20)15(21)17-10(2)11-3-5-12(16)6-4-11/h3-6,9-10,13H,7-8H2,1-2H3,(H,17,21)(H,19,20)/t9-,10?,13-/m1/s1. The third kappa shape index (κ3) is 3.67. The Balaban J connectivity index is 1.95. The number of urea groups is 1. The predicted molar refractivity (Wildman–Crippen MR) is 80.3 cm³/mol. The van der Waals surface area contributed by atoms with Gasteiger partial charge in [0.2, 0.25) is 0 Å². The Morgan fingerprint density at radius 2 is 1.95 bits per heavy atom. The number of halogens is 1. The van der Waals surface area contributed by atoms with Gasteiger partial charge >= 0.3 is 12.0 Å². The van der Waals surface area contributed by atoms with E-state index in [9.17, 15) is 9.59 Å². The van der Waals surface area contributed by atoms with Gasteiger partial charge in [-0.1, -0.05) is 30.7 Å². The summed E-state index contributed by atoms with van der Waals surface area (Å²) in [5, 5.41) is 12.6. The Labute approximate surface area is 128 Å². The number of likely N-dealkylation sites (tertiary alicyclic amines) is 1. The second-order valence-electron chi connectivity index (χ2n) is 5.55. The number of carboxylic acids is 1. The number of nitrogens with one attached hydrogen (secondary N) is 1. The molecule has 0 saturated carbocycles. The predicted octanol–water partition coefficient (Wildman–Crippen LogP) is 2.76. The van der Waals surface area contributed by atoms with Gasteiger partial charge in [0, 0.05) is 18.1 Å². The molecule has 6 heteroatoms. The highest BCUT2D eigenvalue weighted by atomic mass is 35.5. The Kier molecular flexibility index (Phi) is 4.73. The molecule has 0 aliphatic carbocycles. The van der Waals surface area contributed by atoms with Crippen molar-refractivity contribution in [3.8, 4) is 0 Å². The van der Waals surface area contributed by atoms with Gasteiger partial charge in [-0.2, -0.15) is 0 Å². The Morgan fingerprint density at radius 3 is 2.48 bits per heavy atom. The lowest BCUT2D eigenvalue weighted by atomic mass is 9.99. The van der Waals surface area contributed by atoms with Crippen LogP contribution in [-0.2, 0) is 4.79 Å². The molecular weight excluding hydrogens is 292 g/mol. The molecule has 2 amide bonds. The summed E-state index contributed by atoms with van der Waals surface area (Å²) in [6, 6.07) is 6.89. The zero-order chi connectivity index (χ0) is 15.6. The number of carbonyl (C=O) groups is 2. The Bertz CT molecular complexity index is 532. The minimum atomic E-state index is -0.844. The van der Waals surface area contributed by atoms with Crippen molar-refractivity contribution in [3.63, 3.8) is 0 Å². The van der Waals surface area contributed by atoms with Gasteiger partial charge < -0.3 is 15.3 Å². The molecule has 1 fully saturated rings. The number of benzene rings is 1. The first kappa shape index (κ1) is 15.6. The van der Waals surface area contributed by atoms with Crippen molar-refractivity contribution in [1.82, 2.24) is 10.2 Å². The van der Waals surface area contributed by atoms with Gasteiger partial charge in [-0.25, -0.2) is 4.79 Å². The molecule has 1 saturated heterocycles. The summed E-state index contributed by atoms with van der Waals surface area (Å²) >= 11 is 5.84. The molecule has 21 heavy (non-hydrogen) atoms. The van der Waals surface area contributed by atoms with Gasteiger partial charge in [-0.05, 0) is 30.5 Å². The van der Waals surface area contributed by atoms with Gasteiger partial charge in [0.25, 0.3) is 0 Å². The first-order valence-corrected chi connectivity index (χ1v) is 7.30. The number of nitrogens with zero attached hydrogens (tertiary/aromatic N) is 1. The van der Waals surface area contributed by atoms with Crippen molar-refractivity contribution in [1.29, 1.82) is 0 Å². The van der Waals surface area contributed by atoms with Crippen LogP contribution in [0.4, 0.5) is 4.79 Å². The van der Waals surface area contributed by atoms with Crippen LogP contribution >= 0.6 is 11.6 Å². The van der Waals surface area contributed by atoms with E-state index >= 15 is 0 Å². The molecule has 0 bridgehead atoms. The van der Waals surface area contributed by atoms with Crippen molar-refractivity contribution in [2.45, 2.75) is 19.9 Å². The van der Waals surface area contributed by atoms with E-state index in [1.165, 1.54) is 0 Å². The molecule has 5 nitrogen and oxygen atoms in total. The normalized spacial score (nSPS) is 22.9. The molecule has 1 aliphatic rings. The average Bonchev–Trinajstić information content (AvgIpc) is 2.81. The monoisotopic (exact) mass is 310 g/mol. The van der Waals surface area contributed by atoms with Crippen LogP contribution in [0.5, 0.6) is 0 Å². The van der Waals surface area contributed by atoms with Crippen molar-refractivity contribution >= 4 is 23.6 Å². The smallest absolute Gasteiger partial charge is 0.317 e. The van der Waals surface area contributed by atoms with Crippen molar-refractivity contribution in [3.05, 3.63) is 34.9 Å². The maximum Gasteiger partial charge on any atom is 0.317 e. The summed E-state index contributed by atoms with van der Waals surface area (Å²) in [7, 11) is 0. The van der Waals surface area contributed by atoms with Crippen molar-refractivity contribution < 1.29 is 14.7 Å². The molecule has 1 aromatic carbocycles. The number of carbonyl (C=O) groups excluding carboxylic acids is 1. The molecular formula is C15H19ClN2O3. The fourth-order valence-electron chi connectivity index (χ4n) is 2.57. The third-order valence-corrected chi connectivity index (χ3v) is 4.18. The Morgan fingerprint density at radius 1 is 1.33 bits per heavy atom. The summed E-state index contributed by atoms with van der Waals surface area (Å²) < 4.78 is 0.